The normalized spacial score (nSPS) is 14.7. The number of carbonyl (C=O) groups excluding carboxylic acids is 1. The Balaban J connectivity index is 1.40. The summed E-state index contributed by atoms with van der Waals surface area (Å²) >= 11 is 14.6. The fourth-order valence-corrected chi connectivity index (χ4v) is 7.33. The van der Waals surface area contributed by atoms with Crippen LogP contribution in [0.3, 0.4) is 0 Å². The summed E-state index contributed by atoms with van der Waals surface area (Å²) < 4.78 is 19.6. The summed E-state index contributed by atoms with van der Waals surface area (Å²) in [6, 6.07) is 24.1. The number of esters is 1. The van der Waals surface area contributed by atoms with Crippen molar-refractivity contribution in [3.8, 4) is 11.5 Å². The molecule has 7 nitrogen and oxygen atoms in total. The zero-order valence-electron chi connectivity index (χ0n) is 26.3. The van der Waals surface area contributed by atoms with Gasteiger partial charge in [-0.15, -0.1) is 0 Å². The first kappa shape index (κ1) is 32.6. The van der Waals surface area contributed by atoms with E-state index in [2.05, 4.69) is 17.1 Å². The second-order valence-corrected chi connectivity index (χ2v) is 13.1. The van der Waals surface area contributed by atoms with E-state index in [0.717, 1.165) is 16.3 Å². The van der Waals surface area contributed by atoms with E-state index in [9.17, 15) is 9.59 Å². The summed E-state index contributed by atoms with van der Waals surface area (Å²) in [5.41, 5.74) is 2.71. The maximum Gasteiger partial charge on any atom is 0.338 e. The van der Waals surface area contributed by atoms with Gasteiger partial charge in [0.05, 0.1) is 38.6 Å². The van der Waals surface area contributed by atoms with Crippen molar-refractivity contribution in [2.45, 2.75) is 46.4 Å². The molecule has 0 unspecified atom stereocenters. The molecule has 0 aliphatic carbocycles. The maximum atomic E-state index is 14.1. The van der Waals surface area contributed by atoms with E-state index >= 15 is 0 Å². The minimum absolute atomic E-state index is 0.128. The molecule has 0 radical (unpaired) electrons. The van der Waals surface area contributed by atoms with Crippen molar-refractivity contribution < 1.29 is 19.0 Å². The van der Waals surface area contributed by atoms with Crippen molar-refractivity contribution in [3.05, 3.63) is 137 Å². The van der Waals surface area contributed by atoms with Gasteiger partial charge in [-0.1, -0.05) is 95.2 Å². The van der Waals surface area contributed by atoms with Crippen LogP contribution in [0.1, 0.15) is 50.4 Å². The van der Waals surface area contributed by atoms with Crippen molar-refractivity contribution in [2.24, 2.45) is 4.99 Å². The van der Waals surface area contributed by atoms with E-state index in [-0.39, 0.29) is 30.5 Å². The Hall–Kier alpha value is -4.37. The highest BCUT2D eigenvalue weighted by atomic mass is 35.5. The number of hydrogen-bond donors (Lipinski definition) is 0. The number of allylic oxidation sites excluding steroid dienone is 1. The van der Waals surface area contributed by atoms with Gasteiger partial charge in [-0.05, 0) is 73.9 Å². The predicted molar refractivity (Wildman–Crippen MR) is 187 cm³/mol. The molecule has 10 heteroatoms. The molecule has 5 aromatic rings. The van der Waals surface area contributed by atoms with Crippen LogP contribution in [0.4, 0.5) is 0 Å². The molecule has 4 aromatic carbocycles. The SMILES string of the molecule is CCOC(=O)C1=C(C)N=c2s/c(=C/c3cc(Cl)c(OCc4cccc5ccccc45)c(Cl)c3)c(=O)n2[C@@H]1c1ccccc1OC(C)C. The summed E-state index contributed by atoms with van der Waals surface area (Å²) in [5.74, 6) is 0.387. The first-order valence-corrected chi connectivity index (χ1v) is 16.8. The molecular weight excluding hydrogens is 655 g/mol. The molecule has 0 bridgehead atoms. The molecule has 240 valence electrons. The number of carbonyl (C=O) groups is 1. The molecule has 1 aromatic heterocycles. The van der Waals surface area contributed by atoms with Gasteiger partial charge in [-0.2, -0.15) is 0 Å². The molecule has 0 spiro atoms. The fourth-order valence-electron chi connectivity index (χ4n) is 5.67. The Morgan fingerprint density at radius 2 is 1.72 bits per heavy atom. The van der Waals surface area contributed by atoms with E-state index in [4.69, 9.17) is 37.4 Å². The van der Waals surface area contributed by atoms with Crippen LogP contribution in [0.25, 0.3) is 16.8 Å². The van der Waals surface area contributed by atoms with E-state index in [1.165, 1.54) is 15.9 Å². The Labute approximate surface area is 286 Å². The summed E-state index contributed by atoms with van der Waals surface area (Å²) in [4.78, 5) is 32.6. The zero-order chi connectivity index (χ0) is 33.2. The van der Waals surface area contributed by atoms with Gasteiger partial charge in [0.15, 0.2) is 10.6 Å². The van der Waals surface area contributed by atoms with Crippen molar-refractivity contribution in [3.63, 3.8) is 0 Å². The monoisotopic (exact) mass is 686 g/mol. The summed E-state index contributed by atoms with van der Waals surface area (Å²) in [7, 11) is 0. The highest BCUT2D eigenvalue weighted by Crippen LogP contribution is 2.37. The van der Waals surface area contributed by atoms with Crippen LogP contribution < -0.4 is 24.4 Å². The molecular formula is C37H32Cl2N2O5S. The number of thiazole rings is 1. The molecule has 0 fully saturated rings. The van der Waals surface area contributed by atoms with Crippen molar-refractivity contribution >= 4 is 57.4 Å². The standard InChI is InChI=1S/C37H32Cl2N2O5S/c1-5-44-36(43)32-22(4)40-37-41(33(32)27-15-8-9-16-30(27)46-21(2)3)35(42)31(47-37)19-23-17-28(38)34(29(39)18-23)45-20-25-13-10-12-24-11-6-7-14-26(24)25/h6-19,21,33H,5,20H2,1-4H3/b31-19+/t33-/m1/s1. The van der Waals surface area contributed by atoms with Crippen LogP contribution in [-0.4, -0.2) is 23.2 Å². The molecule has 1 aliphatic heterocycles. The number of nitrogens with zero attached hydrogens (tertiary/aromatic N) is 2. The van der Waals surface area contributed by atoms with Gasteiger partial charge in [0.2, 0.25) is 0 Å². The number of ether oxygens (including phenoxy) is 3. The van der Waals surface area contributed by atoms with Gasteiger partial charge in [-0.3, -0.25) is 9.36 Å². The molecule has 0 saturated carbocycles. The Morgan fingerprint density at radius 3 is 2.47 bits per heavy atom. The van der Waals surface area contributed by atoms with Gasteiger partial charge in [0.25, 0.3) is 5.56 Å². The van der Waals surface area contributed by atoms with E-state index in [0.29, 0.717) is 47.7 Å². The lowest BCUT2D eigenvalue weighted by Gasteiger charge is -2.26. The van der Waals surface area contributed by atoms with Gasteiger partial charge in [-0.25, -0.2) is 9.79 Å². The summed E-state index contributed by atoms with van der Waals surface area (Å²) in [6.07, 6.45) is 1.59. The van der Waals surface area contributed by atoms with E-state index in [1.807, 2.05) is 68.4 Å². The number of benzene rings is 4. The number of aromatic nitrogens is 1. The van der Waals surface area contributed by atoms with Crippen molar-refractivity contribution in [2.75, 3.05) is 6.61 Å². The molecule has 0 N–H and O–H groups in total. The zero-order valence-corrected chi connectivity index (χ0v) is 28.6. The minimum atomic E-state index is -0.806. The predicted octanol–water partition coefficient (Wildman–Crippen LogP) is 7.62. The summed E-state index contributed by atoms with van der Waals surface area (Å²) in [5, 5.41) is 2.84. The highest BCUT2D eigenvalue weighted by molar-refractivity contribution is 7.07. The Bertz CT molecular complexity index is 2190. The van der Waals surface area contributed by atoms with Crippen LogP contribution in [0.15, 0.2) is 99.9 Å². The lowest BCUT2D eigenvalue weighted by Crippen LogP contribution is -2.40. The Morgan fingerprint density at radius 1 is 1.02 bits per heavy atom. The van der Waals surface area contributed by atoms with Gasteiger partial charge < -0.3 is 14.2 Å². The first-order chi connectivity index (χ1) is 22.7. The number of fused-ring (bicyclic) bond motifs is 2. The average molecular weight is 688 g/mol. The second kappa shape index (κ2) is 13.8. The Kier molecular flexibility index (Phi) is 9.55. The quantitative estimate of drug-likeness (QED) is 0.149. The minimum Gasteiger partial charge on any atom is -0.491 e. The third-order valence-electron chi connectivity index (χ3n) is 7.66. The van der Waals surface area contributed by atoms with Crippen LogP contribution >= 0.6 is 34.5 Å². The molecule has 1 atom stereocenters. The third-order valence-corrected chi connectivity index (χ3v) is 9.21. The van der Waals surface area contributed by atoms with E-state index < -0.39 is 12.0 Å². The number of para-hydroxylation sites is 1. The van der Waals surface area contributed by atoms with Crippen LogP contribution in [0.2, 0.25) is 10.0 Å². The highest BCUT2D eigenvalue weighted by Gasteiger charge is 2.35. The number of halogens is 2. The number of hydrogen-bond acceptors (Lipinski definition) is 7. The van der Waals surface area contributed by atoms with Gasteiger partial charge in [0.1, 0.15) is 18.4 Å². The van der Waals surface area contributed by atoms with Crippen molar-refractivity contribution in [1.29, 1.82) is 0 Å². The number of rotatable bonds is 9. The van der Waals surface area contributed by atoms with Crippen molar-refractivity contribution in [1.82, 2.24) is 4.57 Å². The van der Waals surface area contributed by atoms with Crippen LogP contribution in [0, 0.1) is 0 Å². The molecule has 6 rings (SSSR count). The molecule has 2 heterocycles. The van der Waals surface area contributed by atoms with Gasteiger partial charge in [0, 0.05) is 5.56 Å². The topological polar surface area (TPSA) is 79.1 Å². The largest absolute Gasteiger partial charge is 0.491 e. The first-order valence-electron chi connectivity index (χ1n) is 15.2. The smallest absolute Gasteiger partial charge is 0.338 e. The van der Waals surface area contributed by atoms with Crippen LogP contribution in [-0.2, 0) is 16.1 Å². The third kappa shape index (κ3) is 6.59. The van der Waals surface area contributed by atoms with Crippen LogP contribution in [0.5, 0.6) is 11.5 Å². The lowest BCUT2D eigenvalue weighted by atomic mass is 9.95. The average Bonchev–Trinajstić information content (AvgIpc) is 3.33. The lowest BCUT2D eigenvalue weighted by molar-refractivity contribution is -0.139. The second-order valence-electron chi connectivity index (χ2n) is 11.2. The fraction of sp³-hybridized carbons (Fsp3) is 0.216. The molecule has 47 heavy (non-hydrogen) atoms. The molecule has 1 aliphatic rings. The van der Waals surface area contributed by atoms with Gasteiger partial charge >= 0.3 is 5.97 Å². The summed E-state index contributed by atoms with van der Waals surface area (Å²) in [6.45, 7) is 7.80. The molecule has 0 amide bonds. The maximum absolute atomic E-state index is 14.1. The molecule has 0 saturated heterocycles. The van der Waals surface area contributed by atoms with E-state index in [1.54, 1.807) is 32.1 Å².